The molecule has 1 atom stereocenters. The molecule has 1 saturated heterocycles. The van der Waals surface area contributed by atoms with Crippen LogP contribution in [0.5, 0.6) is 0 Å². The van der Waals surface area contributed by atoms with E-state index >= 15 is 0 Å². The predicted octanol–water partition coefficient (Wildman–Crippen LogP) is 3.03. The van der Waals surface area contributed by atoms with Crippen molar-refractivity contribution in [1.29, 1.82) is 0 Å². The third-order valence-corrected chi connectivity index (χ3v) is 3.71. The van der Waals surface area contributed by atoms with Gasteiger partial charge in [0.05, 0.1) is 5.92 Å². The van der Waals surface area contributed by atoms with E-state index in [2.05, 4.69) is 10.1 Å². The summed E-state index contributed by atoms with van der Waals surface area (Å²) >= 11 is 0. The van der Waals surface area contributed by atoms with Gasteiger partial charge in [-0.05, 0) is 18.2 Å². The molecule has 0 bridgehead atoms. The van der Waals surface area contributed by atoms with Gasteiger partial charge in [-0.2, -0.15) is 4.98 Å². The van der Waals surface area contributed by atoms with Gasteiger partial charge < -0.3 is 9.42 Å². The van der Waals surface area contributed by atoms with Crippen LogP contribution in [0.3, 0.4) is 0 Å². The van der Waals surface area contributed by atoms with E-state index in [1.54, 1.807) is 17.0 Å². The molecule has 1 aromatic carbocycles. The van der Waals surface area contributed by atoms with E-state index in [0.717, 1.165) is 0 Å². The monoisotopic (exact) mass is 303 g/mol. The van der Waals surface area contributed by atoms with E-state index in [4.69, 9.17) is 4.52 Å². The summed E-state index contributed by atoms with van der Waals surface area (Å²) in [6.45, 7) is 6.43. The Labute approximate surface area is 128 Å². The number of benzene rings is 1. The van der Waals surface area contributed by atoms with Gasteiger partial charge in [-0.15, -0.1) is 0 Å². The van der Waals surface area contributed by atoms with Crippen LogP contribution in [0.2, 0.25) is 0 Å². The van der Waals surface area contributed by atoms with Gasteiger partial charge in [-0.25, -0.2) is 4.39 Å². The number of anilines is 1. The van der Waals surface area contributed by atoms with Gasteiger partial charge in [-0.3, -0.25) is 4.79 Å². The van der Waals surface area contributed by atoms with Crippen LogP contribution < -0.4 is 4.90 Å². The number of nitrogens with zero attached hydrogens (tertiary/aromatic N) is 3. The van der Waals surface area contributed by atoms with Crippen LogP contribution in [0, 0.1) is 5.82 Å². The van der Waals surface area contributed by atoms with Crippen molar-refractivity contribution in [1.82, 2.24) is 10.1 Å². The molecule has 1 aliphatic rings. The molecule has 1 amide bonds. The average molecular weight is 303 g/mol. The molecule has 1 aliphatic heterocycles. The lowest BCUT2D eigenvalue weighted by Crippen LogP contribution is -2.24. The number of rotatable bonds is 2. The second-order valence-electron chi connectivity index (χ2n) is 6.59. The summed E-state index contributed by atoms with van der Waals surface area (Å²) < 4.78 is 18.6. The molecule has 0 saturated carbocycles. The van der Waals surface area contributed by atoms with Crippen molar-refractivity contribution in [2.75, 3.05) is 11.4 Å². The second-order valence-corrected chi connectivity index (χ2v) is 6.59. The summed E-state index contributed by atoms with van der Waals surface area (Å²) in [7, 11) is 0. The van der Waals surface area contributed by atoms with E-state index in [9.17, 15) is 9.18 Å². The normalized spacial score (nSPS) is 19.0. The standard InChI is InChI=1S/C16H18FN3O2/c1-16(2,3)15-18-14(22-19-15)10-7-13(21)20(9-10)12-6-4-5-11(17)8-12/h4-6,8,10H,7,9H2,1-3H3. The fraction of sp³-hybridized carbons (Fsp3) is 0.438. The number of hydrogen-bond acceptors (Lipinski definition) is 4. The van der Waals surface area contributed by atoms with Gasteiger partial charge in [0.2, 0.25) is 11.8 Å². The molecule has 5 nitrogen and oxygen atoms in total. The van der Waals surface area contributed by atoms with Crippen LogP contribution in [0.15, 0.2) is 28.8 Å². The Balaban J connectivity index is 1.81. The van der Waals surface area contributed by atoms with Crippen molar-refractivity contribution in [2.24, 2.45) is 0 Å². The topological polar surface area (TPSA) is 59.2 Å². The highest BCUT2D eigenvalue weighted by molar-refractivity contribution is 5.96. The average Bonchev–Trinajstić information content (AvgIpc) is 3.04. The zero-order valence-electron chi connectivity index (χ0n) is 12.8. The van der Waals surface area contributed by atoms with Crippen molar-refractivity contribution < 1.29 is 13.7 Å². The minimum absolute atomic E-state index is 0.0638. The number of carbonyl (C=O) groups is 1. The summed E-state index contributed by atoms with van der Waals surface area (Å²) in [5.74, 6) is 0.517. The maximum absolute atomic E-state index is 13.3. The molecule has 2 aromatic rings. The van der Waals surface area contributed by atoms with Gasteiger partial charge in [-0.1, -0.05) is 32.0 Å². The zero-order valence-corrected chi connectivity index (χ0v) is 12.8. The van der Waals surface area contributed by atoms with Crippen LogP contribution in [-0.2, 0) is 10.2 Å². The zero-order chi connectivity index (χ0) is 15.9. The Morgan fingerprint density at radius 1 is 1.36 bits per heavy atom. The lowest BCUT2D eigenvalue weighted by atomic mass is 9.96. The van der Waals surface area contributed by atoms with E-state index in [0.29, 0.717) is 30.4 Å². The molecule has 0 aliphatic carbocycles. The van der Waals surface area contributed by atoms with Crippen LogP contribution in [-0.4, -0.2) is 22.6 Å². The number of aromatic nitrogens is 2. The summed E-state index contributed by atoms with van der Waals surface area (Å²) in [6.07, 6.45) is 0.294. The largest absolute Gasteiger partial charge is 0.339 e. The second kappa shape index (κ2) is 5.19. The fourth-order valence-electron chi connectivity index (χ4n) is 2.47. The summed E-state index contributed by atoms with van der Waals surface area (Å²) in [5.41, 5.74) is 0.357. The molecular weight excluding hydrogens is 285 g/mol. The first-order valence-corrected chi connectivity index (χ1v) is 7.24. The highest BCUT2D eigenvalue weighted by Gasteiger charge is 2.36. The van der Waals surface area contributed by atoms with Crippen LogP contribution in [0.4, 0.5) is 10.1 Å². The van der Waals surface area contributed by atoms with Crippen LogP contribution in [0.1, 0.15) is 44.8 Å². The first-order valence-electron chi connectivity index (χ1n) is 7.24. The summed E-state index contributed by atoms with van der Waals surface area (Å²) in [5, 5.41) is 3.99. The molecule has 2 heterocycles. The Hall–Kier alpha value is -2.24. The predicted molar refractivity (Wildman–Crippen MR) is 79.1 cm³/mol. The number of amides is 1. The molecule has 0 N–H and O–H groups in total. The highest BCUT2D eigenvalue weighted by Crippen LogP contribution is 2.32. The molecule has 116 valence electrons. The Bertz CT molecular complexity index is 705. The lowest BCUT2D eigenvalue weighted by Gasteiger charge is -2.16. The minimum Gasteiger partial charge on any atom is -0.339 e. The summed E-state index contributed by atoms with van der Waals surface area (Å²) in [4.78, 5) is 18.2. The third-order valence-electron chi connectivity index (χ3n) is 3.71. The Kier molecular flexibility index (Phi) is 3.47. The molecule has 3 rings (SSSR count). The molecule has 22 heavy (non-hydrogen) atoms. The van der Waals surface area contributed by atoms with Crippen molar-refractivity contribution in [3.8, 4) is 0 Å². The Morgan fingerprint density at radius 3 is 2.77 bits per heavy atom. The molecule has 6 heteroatoms. The lowest BCUT2D eigenvalue weighted by molar-refractivity contribution is -0.117. The molecule has 0 spiro atoms. The van der Waals surface area contributed by atoms with E-state index < -0.39 is 0 Å². The first-order chi connectivity index (χ1) is 10.3. The van der Waals surface area contributed by atoms with Gasteiger partial charge in [0, 0.05) is 24.1 Å². The fourth-order valence-corrected chi connectivity index (χ4v) is 2.47. The number of hydrogen-bond donors (Lipinski definition) is 0. The summed E-state index contributed by atoms with van der Waals surface area (Å²) in [6, 6.07) is 6.03. The SMILES string of the molecule is CC(C)(C)c1noc(C2CC(=O)N(c3cccc(F)c3)C2)n1. The van der Waals surface area contributed by atoms with Crippen LogP contribution in [0.25, 0.3) is 0 Å². The number of halogens is 1. The highest BCUT2D eigenvalue weighted by atomic mass is 19.1. The maximum atomic E-state index is 13.3. The quantitative estimate of drug-likeness (QED) is 0.855. The van der Waals surface area contributed by atoms with Crippen molar-refractivity contribution in [2.45, 2.75) is 38.5 Å². The van der Waals surface area contributed by atoms with Gasteiger partial charge in [0.15, 0.2) is 5.82 Å². The molecular formula is C16H18FN3O2. The third kappa shape index (κ3) is 2.73. The van der Waals surface area contributed by atoms with Crippen molar-refractivity contribution in [3.63, 3.8) is 0 Å². The molecule has 0 radical (unpaired) electrons. The van der Waals surface area contributed by atoms with Crippen LogP contribution >= 0.6 is 0 Å². The van der Waals surface area contributed by atoms with Gasteiger partial charge in [0.1, 0.15) is 5.82 Å². The number of carbonyl (C=O) groups excluding carboxylic acids is 1. The van der Waals surface area contributed by atoms with Gasteiger partial charge in [0.25, 0.3) is 0 Å². The molecule has 1 aromatic heterocycles. The van der Waals surface area contributed by atoms with E-state index in [-0.39, 0.29) is 23.1 Å². The smallest absolute Gasteiger partial charge is 0.232 e. The van der Waals surface area contributed by atoms with E-state index in [1.807, 2.05) is 20.8 Å². The van der Waals surface area contributed by atoms with Crippen molar-refractivity contribution >= 4 is 11.6 Å². The first kappa shape index (κ1) is 14.7. The minimum atomic E-state index is -0.360. The van der Waals surface area contributed by atoms with Crippen molar-refractivity contribution in [3.05, 3.63) is 41.8 Å². The van der Waals surface area contributed by atoms with Gasteiger partial charge >= 0.3 is 0 Å². The Morgan fingerprint density at radius 2 is 2.14 bits per heavy atom. The molecule has 1 fully saturated rings. The molecule has 1 unspecified atom stereocenters. The maximum Gasteiger partial charge on any atom is 0.232 e. The van der Waals surface area contributed by atoms with E-state index in [1.165, 1.54) is 12.1 Å².